The average Bonchev–Trinajstić information content (AvgIpc) is 2.52. The van der Waals surface area contributed by atoms with Crippen molar-refractivity contribution < 1.29 is 9.90 Å². The van der Waals surface area contributed by atoms with Crippen LogP contribution in [-0.2, 0) is 6.42 Å². The lowest BCUT2D eigenvalue weighted by Crippen LogP contribution is -2.08. The number of terminal acetylenes is 1. The quantitative estimate of drug-likeness (QED) is 0.643. The van der Waals surface area contributed by atoms with Crippen molar-refractivity contribution in [2.45, 2.75) is 19.3 Å². The van der Waals surface area contributed by atoms with E-state index >= 15 is 0 Å². The van der Waals surface area contributed by atoms with Crippen LogP contribution in [0.25, 0.3) is 0 Å². The Bertz CT molecular complexity index is 638. The summed E-state index contributed by atoms with van der Waals surface area (Å²) >= 11 is 0. The number of aromatic hydroxyl groups is 1. The van der Waals surface area contributed by atoms with E-state index in [2.05, 4.69) is 18.1 Å². The van der Waals surface area contributed by atoms with Gasteiger partial charge in [-0.15, -0.1) is 12.3 Å². The van der Waals surface area contributed by atoms with Crippen LogP contribution in [0.15, 0.2) is 54.6 Å². The van der Waals surface area contributed by atoms with Crippen LogP contribution in [-0.4, -0.2) is 10.9 Å². The average molecular weight is 278 g/mol. The minimum Gasteiger partial charge on any atom is -0.507 e. The van der Waals surface area contributed by atoms with E-state index < -0.39 is 0 Å². The molecule has 2 rings (SSSR count). The van der Waals surface area contributed by atoms with Crippen molar-refractivity contribution in [1.29, 1.82) is 0 Å². The molecule has 0 saturated heterocycles. The molecular formula is C19H18O2. The number of hydrogen-bond acceptors (Lipinski definition) is 2. The fraction of sp³-hybridized carbons (Fsp3) is 0.211. The predicted octanol–water partition coefficient (Wildman–Crippen LogP) is 3.85. The number of hydrogen-bond donors (Lipinski definition) is 1. The number of rotatable bonds is 6. The Morgan fingerprint density at radius 3 is 2.43 bits per heavy atom. The highest BCUT2D eigenvalue weighted by Gasteiger charge is 2.15. The van der Waals surface area contributed by atoms with Gasteiger partial charge in [0.25, 0.3) is 0 Å². The van der Waals surface area contributed by atoms with Crippen LogP contribution >= 0.6 is 0 Å². The van der Waals surface area contributed by atoms with Gasteiger partial charge >= 0.3 is 0 Å². The Labute approximate surface area is 125 Å². The van der Waals surface area contributed by atoms with Crippen molar-refractivity contribution in [2.24, 2.45) is 5.92 Å². The summed E-state index contributed by atoms with van der Waals surface area (Å²) in [5.74, 6) is 2.48. The number of carbonyl (C=O) groups is 1. The molecule has 2 aromatic rings. The number of Topliss-reactive ketones (excluding diaryl/α,β-unsaturated/α-hetero) is 1. The molecule has 0 heterocycles. The smallest absolute Gasteiger partial charge is 0.167 e. The Kier molecular flexibility index (Phi) is 5.17. The van der Waals surface area contributed by atoms with Gasteiger partial charge in [0.15, 0.2) is 5.78 Å². The summed E-state index contributed by atoms with van der Waals surface area (Å²) in [5, 5.41) is 9.70. The molecule has 21 heavy (non-hydrogen) atoms. The van der Waals surface area contributed by atoms with Crippen LogP contribution in [0.4, 0.5) is 0 Å². The van der Waals surface area contributed by atoms with Crippen molar-refractivity contribution in [2.75, 3.05) is 0 Å². The van der Waals surface area contributed by atoms with Crippen molar-refractivity contribution >= 4 is 5.78 Å². The summed E-state index contributed by atoms with van der Waals surface area (Å²) in [6.45, 7) is 0. The third-order valence-corrected chi connectivity index (χ3v) is 3.50. The van der Waals surface area contributed by atoms with E-state index in [0.29, 0.717) is 5.56 Å². The van der Waals surface area contributed by atoms with Gasteiger partial charge in [0.1, 0.15) is 5.75 Å². The number of aryl methyl sites for hydroxylation is 1. The number of benzene rings is 2. The molecule has 0 aliphatic heterocycles. The van der Waals surface area contributed by atoms with Crippen molar-refractivity contribution in [1.82, 2.24) is 0 Å². The van der Waals surface area contributed by atoms with Crippen molar-refractivity contribution in [3.63, 3.8) is 0 Å². The molecule has 1 atom stereocenters. The zero-order valence-electron chi connectivity index (χ0n) is 11.8. The van der Waals surface area contributed by atoms with Crippen LogP contribution < -0.4 is 0 Å². The molecule has 0 unspecified atom stereocenters. The van der Waals surface area contributed by atoms with Crippen LogP contribution in [0.1, 0.15) is 28.8 Å². The summed E-state index contributed by atoms with van der Waals surface area (Å²) < 4.78 is 0. The first-order valence-electron chi connectivity index (χ1n) is 7.02. The highest BCUT2D eigenvalue weighted by molar-refractivity contribution is 5.98. The number of ketones is 1. The molecule has 0 bridgehead atoms. The molecule has 0 amide bonds. The van der Waals surface area contributed by atoms with Gasteiger partial charge < -0.3 is 5.11 Å². The first kappa shape index (κ1) is 14.9. The minimum absolute atomic E-state index is 0.0151. The van der Waals surface area contributed by atoms with Gasteiger partial charge in [-0.05, 0) is 30.5 Å². The highest BCUT2D eigenvalue weighted by atomic mass is 16.3. The van der Waals surface area contributed by atoms with Gasteiger partial charge in [0.05, 0.1) is 5.56 Å². The first-order valence-corrected chi connectivity index (χ1v) is 7.02. The van der Waals surface area contributed by atoms with E-state index in [1.807, 2.05) is 18.2 Å². The third kappa shape index (κ3) is 4.22. The van der Waals surface area contributed by atoms with Crippen LogP contribution in [0.5, 0.6) is 5.75 Å². The fourth-order valence-corrected chi connectivity index (χ4v) is 2.27. The molecule has 0 fully saturated rings. The van der Waals surface area contributed by atoms with E-state index in [9.17, 15) is 9.90 Å². The van der Waals surface area contributed by atoms with Crippen molar-refractivity contribution in [3.05, 3.63) is 65.7 Å². The van der Waals surface area contributed by atoms with E-state index in [4.69, 9.17) is 6.42 Å². The zero-order valence-corrected chi connectivity index (χ0v) is 11.8. The van der Waals surface area contributed by atoms with Crippen LogP contribution in [0.2, 0.25) is 0 Å². The second-order valence-corrected chi connectivity index (χ2v) is 5.03. The molecule has 2 heteroatoms. The molecule has 2 nitrogen and oxygen atoms in total. The maximum absolute atomic E-state index is 12.2. The third-order valence-electron chi connectivity index (χ3n) is 3.50. The minimum atomic E-state index is -0.114. The normalized spacial score (nSPS) is 11.6. The molecule has 0 aromatic heterocycles. The molecule has 0 radical (unpaired) electrons. The van der Waals surface area contributed by atoms with Gasteiger partial charge in [-0.25, -0.2) is 0 Å². The Balaban J connectivity index is 1.95. The molecule has 0 saturated carbocycles. The molecule has 1 N–H and O–H groups in total. The lowest BCUT2D eigenvalue weighted by molar-refractivity contribution is 0.0966. The van der Waals surface area contributed by atoms with Gasteiger partial charge in [0.2, 0.25) is 0 Å². The Morgan fingerprint density at radius 1 is 1.10 bits per heavy atom. The van der Waals surface area contributed by atoms with Gasteiger partial charge in [0, 0.05) is 12.3 Å². The Hall–Kier alpha value is -2.53. The SMILES string of the molecule is C#C[C@H](CCc1ccccc1)CC(=O)c1ccccc1O. The summed E-state index contributed by atoms with van der Waals surface area (Å²) in [4.78, 5) is 12.2. The van der Waals surface area contributed by atoms with Gasteiger partial charge in [-0.2, -0.15) is 0 Å². The number of para-hydroxylation sites is 1. The maximum atomic E-state index is 12.2. The van der Waals surface area contributed by atoms with Crippen LogP contribution in [0, 0.1) is 18.3 Å². The summed E-state index contributed by atoms with van der Waals surface area (Å²) in [5.41, 5.74) is 1.56. The van der Waals surface area contributed by atoms with Crippen LogP contribution in [0.3, 0.4) is 0 Å². The largest absolute Gasteiger partial charge is 0.507 e. The summed E-state index contributed by atoms with van der Waals surface area (Å²) in [6.07, 6.45) is 7.42. The predicted molar refractivity (Wildman–Crippen MR) is 84.1 cm³/mol. The number of phenolic OH excluding ortho intramolecular Hbond substituents is 1. The zero-order chi connectivity index (χ0) is 15.1. The lowest BCUT2D eigenvalue weighted by Gasteiger charge is -2.10. The lowest BCUT2D eigenvalue weighted by atomic mass is 9.93. The standard InChI is InChI=1S/C19H18O2/c1-2-15(12-13-16-8-4-3-5-9-16)14-19(21)17-10-6-7-11-18(17)20/h1,3-11,15,20H,12-14H2/t15-/m1/s1. The topological polar surface area (TPSA) is 37.3 Å². The number of phenols is 1. The summed E-state index contributed by atoms with van der Waals surface area (Å²) in [7, 11) is 0. The maximum Gasteiger partial charge on any atom is 0.167 e. The second kappa shape index (κ2) is 7.31. The van der Waals surface area contributed by atoms with E-state index in [-0.39, 0.29) is 23.9 Å². The monoisotopic (exact) mass is 278 g/mol. The van der Waals surface area contributed by atoms with Gasteiger partial charge in [-0.3, -0.25) is 4.79 Å². The highest BCUT2D eigenvalue weighted by Crippen LogP contribution is 2.21. The molecule has 0 spiro atoms. The van der Waals surface area contributed by atoms with Crippen molar-refractivity contribution in [3.8, 4) is 18.1 Å². The first-order chi connectivity index (χ1) is 10.2. The Morgan fingerprint density at radius 2 is 1.76 bits per heavy atom. The summed E-state index contributed by atoms with van der Waals surface area (Å²) in [6, 6.07) is 16.6. The van der Waals surface area contributed by atoms with E-state index in [1.54, 1.807) is 18.2 Å². The molecule has 2 aromatic carbocycles. The molecule has 106 valence electrons. The van der Waals surface area contributed by atoms with E-state index in [0.717, 1.165) is 12.8 Å². The second-order valence-electron chi connectivity index (χ2n) is 5.03. The molecular weight excluding hydrogens is 260 g/mol. The molecule has 0 aliphatic carbocycles. The molecule has 0 aliphatic rings. The van der Waals surface area contributed by atoms with Gasteiger partial charge in [-0.1, -0.05) is 42.5 Å². The number of carbonyl (C=O) groups excluding carboxylic acids is 1. The van der Waals surface area contributed by atoms with E-state index in [1.165, 1.54) is 11.6 Å². The fourth-order valence-electron chi connectivity index (χ4n) is 2.27.